The quantitative estimate of drug-likeness (QED) is 0.857. The first-order valence-electron chi connectivity index (χ1n) is 6.14. The second kappa shape index (κ2) is 6.85. The Balaban J connectivity index is 1.90. The second-order valence-corrected chi connectivity index (χ2v) is 4.65. The van der Waals surface area contributed by atoms with Crippen molar-refractivity contribution in [1.82, 2.24) is 5.32 Å². The minimum atomic E-state index is -0.815. The molecule has 21 heavy (non-hydrogen) atoms. The van der Waals surface area contributed by atoms with Crippen LogP contribution in [0.15, 0.2) is 48.5 Å². The molecule has 0 heterocycles. The third-order valence-electron chi connectivity index (χ3n) is 2.69. The molecule has 2 rings (SSSR count). The van der Waals surface area contributed by atoms with Gasteiger partial charge in [-0.05, 0) is 29.8 Å². The van der Waals surface area contributed by atoms with Crippen molar-refractivity contribution in [2.24, 2.45) is 0 Å². The fourth-order valence-corrected chi connectivity index (χ4v) is 1.79. The number of nitrogens with one attached hydrogen (secondary N) is 2. The number of benzene rings is 2. The van der Waals surface area contributed by atoms with E-state index in [0.29, 0.717) is 16.3 Å². The Morgan fingerprint density at radius 2 is 1.67 bits per heavy atom. The molecule has 0 aliphatic carbocycles. The Labute approximate surface area is 125 Å². The molecule has 2 aromatic rings. The smallest absolute Gasteiger partial charge is 0.313 e. The lowest BCUT2D eigenvalue weighted by Crippen LogP contribution is -2.35. The Bertz CT molecular complexity index is 659. The molecular formula is C15H12ClFN2O2. The van der Waals surface area contributed by atoms with Crippen molar-refractivity contribution in [3.63, 3.8) is 0 Å². The Hall–Kier alpha value is -2.40. The first-order chi connectivity index (χ1) is 10.1. The molecule has 0 unspecified atom stereocenters. The van der Waals surface area contributed by atoms with E-state index in [2.05, 4.69) is 10.6 Å². The largest absolute Gasteiger partial charge is 0.344 e. The van der Waals surface area contributed by atoms with Crippen molar-refractivity contribution in [3.8, 4) is 0 Å². The molecule has 4 nitrogen and oxygen atoms in total. The maximum absolute atomic E-state index is 12.7. The Morgan fingerprint density at radius 3 is 2.33 bits per heavy atom. The zero-order valence-corrected chi connectivity index (χ0v) is 11.7. The summed E-state index contributed by atoms with van der Waals surface area (Å²) in [6.45, 7) is 0.134. The van der Waals surface area contributed by atoms with Crippen molar-refractivity contribution in [2.45, 2.75) is 6.54 Å². The van der Waals surface area contributed by atoms with E-state index < -0.39 is 11.8 Å². The highest BCUT2D eigenvalue weighted by molar-refractivity contribution is 6.41. The summed E-state index contributed by atoms with van der Waals surface area (Å²) < 4.78 is 12.7. The van der Waals surface area contributed by atoms with Crippen LogP contribution < -0.4 is 10.6 Å². The summed E-state index contributed by atoms with van der Waals surface area (Å²) in [4.78, 5) is 23.4. The molecule has 0 spiro atoms. The highest BCUT2D eigenvalue weighted by Gasteiger charge is 2.14. The summed E-state index contributed by atoms with van der Waals surface area (Å²) in [6, 6.07) is 12.2. The number of amides is 2. The number of hydrogen-bond donors (Lipinski definition) is 2. The fourth-order valence-electron chi connectivity index (χ4n) is 1.61. The summed E-state index contributed by atoms with van der Waals surface area (Å²) in [5, 5.41) is 5.20. The van der Waals surface area contributed by atoms with Crippen LogP contribution in [-0.2, 0) is 16.1 Å². The third kappa shape index (κ3) is 4.29. The van der Waals surface area contributed by atoms with Gasteiger partial charge < -0.3 is 10.6 Å². The molecule has 0 saturated heterocycles. The van der Waals surface area contributed by atoms with Gasteiger partial charge in [-0.1, -0.05) is 35.9 Å². The van der Waals surface area contributed by atoms with Crippen LogP contribution in [0.3, 0.4) is 0 Å². The van der Waals surface area contributed by atoms with Crippen LogP contribution in [0.2, 0.25) is 5.02 Å². The van der Waals surface area contributed by atoms with Gasteiger partial charge in [-0.2, -0.15) is 0 Å². The van der Waals surface area contributed by atoms with Crippen molar-refractivity contribution in [1.29, 1.82) is 0 Å². The molecule has 0 saturated carbocycles. The molecule has 0 bridgehead atoms. The monoisotopic (exact) mass is 306 g/mol. The lowest BCUT2D eigenvalue weighted by atomic mass is 10.2. The van der Waals surface area contributed by atoms with Crippen LogP contribution in [0.5, 0.6) is 0 Å². The molecule has 0 atom stereocenters. The van der Waals surface area contributed by atoms with Gasteiger partial charge in [0, 0.05) is 6.54 Å². The summed E-state index contributed by atoms with van der Waals surface area (Å²) in [7, 11) is 0. The van der Waals surface area contributed by atoms with Crippen LogP contribution in [0.1, 0.15) is 5.56 Å². The SMILES string of the molecule is O=C(NCc1ccc(F)cc1)C(=O)Nc1ccccc1Cl. The Morgan fingerprint density at radius 1 is 1.00 bits per heavy atom. The molecule has 0 aliphatic heterocycles. The van der Waals surface area contributed by atoms with Gasteiger partial charge in [0.1, 0.15) is 5.82 Å². The molecule has 108 valence electrons. The third-order valence-corrected chi connectivity index (χ3v) is 3.02. The van der Waals surface area contributed by atoms with E-state index in [9.17, 15) is 14.0 Å². The van der Waals surface area contributed by atoms with Gasteiger partial charge in [-0.15, -0.1) is 0 Å². The van der Waals surface area contributed by atoms with E-state index in [4.69, 9.17) is 11.6 Å². The van der Waals surface area contributed by atoms with Crippen molar-refractivity contribution in [2.75, 3.05) is 5.32 Å². The zero-order valence-electron chi connectivity index (χ0n) is 10.9. The zero-order chi connectivity index (χ0) is 15.2. The van der Waals surface area contributed by atoms with Gasteiger partial charge in [0.2, 0.25) is 0 Å². The normalized spacial score (nSPS) is 10.0. The highest BCUT2D eigenvalue weighted by Crippen LogP contribution is 2.20. The van der Waals surface area contributed by atoms with E-state index in [0.717, 1.165) is 0 Å². The highest BCUT2D eigenvalue weighted by atomic mass is 35.5. The first-order valence-corrected chi connectivity index (χ1v) is 6.52. The minimum absolute atomic E-state index is 0.134. The number of halogens is 2. The minimum Gasteiger partial charge on any atom is -0.344 e. The standard InChI is InChI=1S/C15H12ClFN2O2/c16-12-3-1-2-4-13(12)19-15(21)14(20)18-9-10-5-7-11(17)8-6-10/h1-8H,9H2,(H,18,20)(H,19,21). The van der Waals surface area contributed by atoms with Gasteiger partial charge in [0.15, 0.2) is 0 Å². The topological polar surface area (TPSA) is 58.2 Å². The number of para-hydroxylation sites is 1. The van der Waals surface area contributed by atoms with E-state index in [1.165, 1.54) is 24.3 Å². The first kappa shape index (κ1) is 15.0. The van der Waals surface area contributed by atoms with Crippen LogP contribution in [0.4, 0.5) is 10.1 Å². The molecule has 0 radical (unpaired) electrons. The molecule has 0 fully saturated rings. The summed E-state index contributed by atoms with van der Waals surface area (Å²) in [6.07, 6.45) is 0. The lowest BCUT2D eigenvalue weighted by molar-refractivity contribution is -0.136. The number of anilines is 1. The predicted molar refractivity (Wildman–Crippen MR) is 78.3 cm³/mol. The van der Waals surface area contributed by atoms with Gasteiger partial charge in [0.25, 0.3) is 0 Å². The summed E-state index contributed by atoms with van der Waals surface area (Å²) >= 11 is 5.88. The van der Waals surface area contributed by atoms with Crippen LogP contribution >= 0.6 is 11.6 Å². The van der Waals surface area contributed by atoms with Gasteiger partial charge in [-0.25, -0.2) is 4.39 Å². The number of hydrogen-bond acceptors (Lipinski definition) is 2. The molecule has 2 N–H and O–H groups in total. The summed E-state index contributed by atoms with van der Waals surface area (Å²) in [5.74, 6) is -1.97. The maximum atomic E-state index is 12.7. The second-order valence-electron chi connectivity index (χ2n) is 4.24. The van der Waals surface area contributed by atoms with E-state index in [1.54, 1.807) is 24.3 Å². The maximum Gasteiger partial charge on any atom is 0.313 e. The lowest BCUT2D eigenvalue weighted by Gasteiger charge is -2.07. The van der Waals surface area contributed by atoms with Gasteiger partial charge >= 0.3 is 11.8 Å². The molecular weight excluding hydrogens is 295 g/mol. The fraction of sp³-hybridized carbons (Fsp3) is 0.0667. The van der Waals surface area contributed by atoms with Crippen LogP contribution in [-0.4, -0.2) is 11.8 Å². The van der Waals surface area contributed by atoms with Crippen LogP contribution in [0, 0.1) is 5.82 Å². The van der Waals surface area contributed by atoms with E-state index >= 15 is 0 Å². The number of carbonyl (C=O) groups is 2. The number of rotatable bonds is 3. The van der Waals surface area contributed by atoms with Gasteiger partial charge in [-0.3, -0.25) is 9.59 Å². The Kier molecular flexibility index (Phi) is 4.90. The molecule has 2 amide bonds. The molecule has 2 aromatic carbocycles. The molecule has 0 aromatic heterocycles. The van der Waals surface area contributed by atoms with E-state index in [1.807, 2.05) is 0 Å². The van der Waals surface area contributed by atoms with E-state index in [-0.39, 0.29) is 12.4 Å². The van der Waals surface area contributed by atoms with Crippen LogP contribution in [0.25, 0.3) is 0 Å². The predicted octanol–water partition coefficient (Wildman–Crippen LogP) is 2.73. The van der Waals surface area contributed by atoms with Crippen molar-refractivity contribution >= 4 is 29.1 Å². The van der Waals surface area contributed by atoms with Crippen molar-refractivity contribution < 1.29 is 14.0 Å². The van der Waals surface area contributed by atoms with Crippen molar-refractivity contribution in [3.05, 3.63) is 64.9 Å². The molecule has 6 heteroatoms. The molecule has 0 aliphatic rings. The number of carbonyl (C=O) groups excluding carboxylic acids is 2. The average Bonchev–Trinajstić information content (AvgIpc) is 2.48. The summed E-state index contributed by atoms with van der Waals surface area (Å²) in [5.41, 5.74) is 1.05. The van der Waals surface area contributed by atoms with Gasteiger partial charge in [0.05, 0.1) is 10.7 Å². The average molecular weight is 307 g/mol.